The highest BCUT2D eigenvalue weighted by Crippen LogP contribution is 2.14. The van der Waals surface area contributed by atoms with Gasteiger partial charge in [0.25, 0.3) is 0 Å². The first-order valence-corrected chi connectivity index (χ1v) is 6.68. The Labute approximate surface area is 122 Å². The highest BCUT2D eigenvalue weighted by Gasteiger charge is 2.12. The second-order valence-electron chi connectivity index (χ2n) is 4.41. The number of fused-ring (bicyclic) bond motifs is 1. The number of nitrogens with zero attached hydrogens (tertiary/aromatic N) is 2. The number of imidazole rings is 1. The van der Waals surface area contributed by atoms with Crippen LogP contribution in [-0.2, 0) is 0 Å². The zero-order valence-corrected chi connectivity index (χ0v) is 12.2. The number of primary amides is 1. The Kier molecular flexibility index (Phi) is 6.19. The van der Waals surface area contributed by atoms with Gasteiger partial charge in [0.2, 0.25) is 0 Å². The molecule has 21 heavy (non-hydrogen) atoms. The van der Waals surface area contributed by atoms with Crippen molar-refractivity contribution in [1.29, 1.82) is 0 Å². The van der Waals surface area contributed by atoms with E-state index in [0.29, 0.717) is 6.54 Å². The summed E-state index contributed by atoms with van der Waals surface area (Å²) in [6.45, 7) is 4.66. The maximum absolute atomic E-state index is 12.0. The van der Waals surface area contributed by atoms with Crippen LogP contribution in [0.3, 0.4) is 0 Å². The number of carbonyl (C=O) groups is 2. The van der Waals surface area contributed by atoms with Gasteiger partial charge in [-0.25, -0.2) is 19.1 Å². The number of hydrogen-bond donors (Lipinski definition) is 3. The number of aryl methyl sites for hydroxylation is 1. The third-order valence-electron chi connectivity index (χ3n) is 2.74. The van der Waals surface area contributed by atoms with E-state index in [-0.39, 0.29) is 6.03 Å². The number of carbonyl (C=O) groups excluding carboxylic acids is 1. The van der Waals surface area contributed by atoms with E-state index in [9.17, 15) is 4.79 Å². The third kappa shape index (κ3) is 4.79. The number of nitrogens with two attached hydrogens (primary N) is 1. The van der Waals surface area contributed by atoms with E-state index >= 15 is 0 Å². The van der Waals surface area contributed by atoms with Crippen LogP contribution in [0, 0.1) is 6.92 Å². The van der Waals surface area contributed by atoms with Gasteiger partial charge in [0.15, 0.2) is 0 Å². The summed E-state index contributed by atoms with van der Waals surface area (Å²) in [5, 5.41) is 10.1. The van der Waals surface area contributed by atoms with E-state index in [0.717, 1.165) is 29.7 Å². The largest absolute Gasteiger partial charge is 0.465 e. The van der Waals surface area contributed by atoms with Crippen molar-refractivity contribution in [3.63, 3.8) is 0 Å². The molecule has 0 aliphatic carbocycles. The van der Waals surface area contributed by atoms with E-state index in [1.165, 1.54) is 0 Å². The van der Waals surface area contributed by atoms with E-state index in [1.807, 2.05) is 31.2 Å². The van der Waals surface area contributed by atoms with Gasteiger partial charge < -0.3 is 16.2 Å². The molecule has 0 saturated heterocycles. The second-order valence-corrected chi connectivity index (χ2v) is 4.41. The Morgan fingerprint density at radius 1 is 1.38 bits per heavy atom. The third-order valence-corrected chi connectivity index (χ3v) is 2.74. The fraction of sp³-hybridized carbons (Fsp3) is 0.357. The lowest BCUT2D eigenvalue weighted by molar-refractivity contribution is 0.205. The molecule has 2 aromatic rings. The second kappa shape index (κ2) is 7.88. The molecular weight excluding hydrogens is 272 g/mol. The Morgan fingerprint density at radius 2 is 2.00 bits per heavy atom. The molecule has 0 fully saturated rings. The van der Waals surface area contributed by atoms with Gasteiger partial charge in [0.1, 0.15) is 5.82 Å². The lowest BCUT2D eigenvalue weighted by Crippen LogP contribution is -2.29. The van der Waals surface area contributed by atoms with Crippen LogP contribution in [0.2, 0.25) is 0 Å². The molecule has 1 heterocycles. The molecule has 1 aromatic heterocycles. The summed E-state index contributed by atoms with van der Waals surface area (Å²) >= 11 is 0. The number of aromatic nitrogens is 2. The number of para-hydroxylation sites is 2. The molecule has 7 heteroatoms. The summed E-state index contributed by atoms with van der Waals surface area (Å²) < 4.78 is 1.63. The highest BCUT2D eigenvalue weighted by atomic mass is 16.4. The quantitative estimate of drug-likeness (QED) is 0.754. The average molecular weight is 292 g/mol. The van der Waals surface area contributed by atoms with Crippen LogP contribution in [0.25, 0.3) is 11.0 Å². The smallest absolute Gasteiger partial charge is 0.402 e. The highest BCUT2D eigenvalue weighted by molar-refractivity contribution is 5.89. The van der Waals surface area contributed by atoms with Crippen molar-refractivity contribution < 1.29 is 14.7 Å². The van der Waals surface area contributed by atoms with E-state index in [2.05, 4.69) is 23.0 Å². The SMILES string of the molecule is CCCCNC(=O)n1c(C)nc2ccccc21.NC(=O)O. The summed E-state index contributed by atoms with van der Waals surface area (Å²) in [5.41, 5.74) is 5.75. The van der Waals surface area contributed by atoms with E-state index < -0.39 is 6.09 Å². The number of hydrogen-bond acceptors (Lipinski definition) is 3. The molecular formula is C14H20N4O3. The topological polar surface area (TPSA) is 110 Å². The molecule has 0 atom stereocenters. The molecule has 0 spiro atoms. The maximum atomic E-state index is 12.0. The van der Waals surface area contributed by atoms with Gasteiger partial charge >= 0.3 is 12.1 Å². The monoisotopic (exact) mass is 292 g/mol. The van der Waals surface area contributed by atoms with Crippen LogP contribution in [0.1, 0.15) is 25.6 Å². The van der Waals surface area contributed by atoms with Crippen LogP contribution >= 0.6 is 0 Å². The van der Waals surface area contributed by atoms with Crippen LogP contribution in [0.5, 0.6) is 0 Å². The van der Waals surface area contributed by atoms with Crippen molar-refractivity contribution >= 4 is 23.2 Å². The lowest BCUT2D eigenvalue weighted by Gasteiger charge is -2.07. The van der Waals surface area contributed by atoms with Crippen molar-refractivity contribution in [3.05, 3.63) is 30.1 Å². The van der Waals surface area contributed by atoms with Gasteiger partial charge in [-0.2, -0.15) is 0 Å². The molecule has 7 nitrogen and oxygen atoms in total. The number of carboxylic acid groups (broad SMARTS) is 1. The van der Waals surface area contributed by atoms with Crippen LogP contribution in [0.15, 0.2) is 24.3 Å². The molecule has 4 N–H and O–H groups in total. The standard InChI is InChI=1S/C13H17N3O.CH3NO2/c1-3-4-9-14-13(17)16-10(2)15-11-7-5-6-8-12(11)16;2-1(3)4/h5-8H,3-4,9H2,1-2H3,(H,14,17);2H2,(H,3,4). The zero-order chi connectivity index (χ0) is 15.8. The molecule has 0 aliphatic heterocycles. The Hall–Kier alpha value is -2.57. The maximum Gasteiger partial charge on any atom is 0.402 e. The van der Waals surface area contributed by atoms with Gasteiger partial charge in [0, 0.05) is 6.54 Å². The minimum atomic E-state index is -1.33. The minimum absolute atomic E-state index is 0.0929. The van der Waals surface area contributed by atoms with Crippen LogP contribution < -0.4 is 11.1 Å². The normalized spacial score (nSPS) is 9.81. The van der Waals surface area contributed by atoms with E-state index in [1.54, 1.807) is 4.57 Å². The molecule has 114 valence electrons. The van der Waals surface area contributed by atoms with Crippen LogP contribution in [-0.4, -0.2) is 33.3 Å². The average Bonchev–Trinajstić information content (AvgIpc) is 2.74. The van der Waals surface area contributed by atoms with Gasteiger partial charge in [-0.1, -0.05) is 25.5 Å². The molecule has 2 rings (SSSR count). The first-order valence-electron chi connectivity index (χ1n) is 6.68. The zero-order valence-electron chi connectivity index (χ0n) is 12.2. The summed E-state index contributed by atoms with van der Waals surface area (Å²) in [5.74, 6) is 0.722. The predicted octanol–water partition coefficient (Wildman–Crippen LogP) is 2.33. The predicted molar refractivity (Wildman–Crippen MR) is 80.4 cm³/mol. The number of nitrogens with one attached hydrogen (secondary N) is 1. The summed E-state index contributed by atoms with van der Waals surface area (Å²) in [6.07, 6.45) is 0.737. The first kappa shape index (κ1) is 16.5. The fourth-order valence-corrected chi connectivity index (χ4v) is 1.85. The molecule has 2 amide bonds. The summed E-state index contributed by atoms with van der Waals surface area (Å²) in [7, 11) is 0. The summed E-state index contributed by atoms with van der Waals surface area (Å²) in [4.78, 5) is 25.2. The molecule has 1 aromatic carbocycles. The Balaban J connectivity index is 0.000000491. The first-order chi connectivity index (χ1) is 9.97. The van der Waals surface area contributed by atoms with Gasteiger partial charge in [-0.05, 0) is 25.5 Å². The molecule has 0 aliphatic rings. The molecule has 0 radical (unpaired) electrons. The number of benzene rings is 1. The lowest BCUT2D eigenvalue weighted by atomic mass is 10.3. The Bertz CT molecular complexity index is 618. The molecule has 0 bridgehead atoms. The number of amides is 2. The van der Waals surface area contributed by atoms with Crippen molar-refractivity contribution in [1.82, 2.24) is 14.9 Å². The number of unbranched alkanes of at least 4 members (excludes halogenated alkanes) is 1. The van der Waals surface area contributed by atoms with Crippen molar-refractivity contribution in [2.75, 3.05) is 6.54 Å². The minimum Gasteiger partial charge on any atom is -0.465 e. The van der Waals surface area contributed by atoms with Gasteiger partial charge in [-0.15, -0.1) is 0 Å². The Morgan fingerprint density at radius 3 is 2.62 bits per heavy atom. The molecule has 0 saturated carbocycles. The van der Waals surface area contributed by atoms with Crippen molar-refractivity contribution in [2.24, 2.45) is 5.73 Å². The van der Waals surface area contributed by atoms with Crippen LogP contribution in [0.4, 0.5) is 9.59 Å². The fourth-order valence-electron chi connectivity index (χ4n) is 1.85. The van der Waals surface area contributed by atoms with Gasteiger partial charge in [0.05, 0.1) is 11.0 Å². The van der Waals surface area contributed by atoms with Gasteiger partial charge in [-0.3, -0.25) is 0 Å². The van der Waals surface area contributed by atoms with Crippen molar-refractivity contribution in [2.45, 2.75) is 26.7 Å². The summed E-state index contributed by atoms with van der Waals surface area (Å²) in [6, 6.07) is 7.57. The number of rotatable bonds is 3. The molecule has 0 unspecified atom stereocenters. The van der Waals surface area contributed by atoms with Crippen molar-refractivity contribution in [3.8, 4) is 0 Å². The van der Waals surface area contributed by atoms with E-state index in [4.69, 9.17) is 9.90 Å².